The molecule has 0 radical (unpaired) electrons. The van der Waals surface area contributed by atoms with Gasteiger partial charge in [-0.3, -0.25) is 4.98 Å². The van der Waals surface area contributed by atoms with Crippen LogP contribution in [-0.2, 0) is 6.54 Å². The van der Waals surface area contributed by atoms with Crippen molar-refractivity contribution in [1.82, 2.24) is 9.55 Å². The summed E-state index contributed by atoms with van der Waals surface area (Å²) in [6, 6.07) is 8.41. The van der Waals surface area contributed by atoms with E-state index in [2.05, 4.69) is 41.6 Å². The van der Waals surface area contributed by atoms with Crippen molar-refractivity contribution >= 4 is 38.8 Å². The van der Waals surface area contributed by atoms with Crippen molar-refractivity contribution in [2.75, 3.05) is 6.61 Å². The van der Waals surface area contributed by atoms with Gasteiger partial charge in [0.25, 0.3) is 0 Å². The van der Waals surface area contributed by atoms with E-state index >= 15 is 0 Å². The standard InChI is InChI=1S/C16H18N2O.BrH/c1-4-18-15-10-12(19-5-2)6-7-13(15)14-8-9-17-11(3)16(14)18;/h6-10H,4-5H2,1-3H3;1H. The molecule has 106 valence electrons. The monoisotopic (exact) mass is 334 g/mol. The molecule has 4 heteroatoms. The smallest absolute Gasteiger partial charge is 0.121 e. The Bertz CT molecular complexity index is 749. The van der Waals surface area contributed by atoms with E-state index in [0.717, 1.165) is 18.0 Å². The molecule has 0 saturated carbocycles. The van der Waals surface area contributed by atoms with Crippen LogP contribution in [0.1, 0.15) is 19.5 Å². The van der Waals surface area contributed by atoms with Gasteiger partial charge in [0.15, 0.2) is 0 Å². The van der Waals surface area contributed by atoms with Crippen LogP contribution >= 0.6 is 17.0 Å². The van der Waals surface area contributed by atoms with Crippen LogP contribution in [0.25, 0.3) is 21.8 Å². The van der Waals surface area contributed by atoms with Gasteiger partial charge < -0.3 is 9.30 Å². The van der Waals surface area contributed by atoms with Crippen molar-refractivity contribution in [2.24, 2.45) is 0 Å². The molecule has 20 heavy (non-hydrogen) atoms. The first-order valence-corrected chi connectivity index (χ1v) is 6.76. The van der Waals surface area contributed by atoms with E-state index in [0.29, 0.717) is 6.61 Å². The Labute approximate surface area is 129 Å². The van der Waals surface area contributed by atoms with Crippen LogP contribution in [0, 0.1) is 6.92 Å². The lowest BCUT2D eigenvalue weighted by molar-refractivity contribution is 0.340. The van der Waals surface area contributed by atoms with Crippen molar-refractivity contribution in [3.8, 4) is 5.75 Å². The van der Waals surface area contributed by atoms with Gasteiger partial charge in [-0.25, -0.2) is 0 Å². The fourth-order valence-electron chi connectivity index (χ4n) is 2.78. The van der Waals surface area contributed by atoms with Crippen LogP contribution in [-0.4, -0.2) is 16.2 Å². The van der Waals surface area contributed by atoms with Gasteiger partial charge in [0.05, 0.1) is 23.3 Å². The summed E-state index contributed by atoms with van der Waals surface area (Å²) in [7, 11) is 0. The SMILES string of the molecule is Br.CCOc1ccc2c3ccnc(C)c3n(CC)c2c1. The largest absolute Gasteiger partial charge is 0.494 e. The first-order chi connectivity index (χ1) is 9.26. The first-order valence-electron chi connectivity index (χ1n) is 6.76. The molecule has 0 atom stereocenters. The van der Waals surface area contributed by atoms with Gasteiger partial charge in [-0.1, -0.05) is 0 Å². The fraction of sp³-hybridized carbons (Fsp3) is 0.312. The Morgan fingerprint density at radius 3 is 2.65 bits per heavy atom. The van der Waals surface area contributed by atoms with E-state index in [9.17, 15) is 0 Å². The summed E-state index contributed by atoms with van der Waals surface area (Å²) in [5, 5.41) is 2.54. The third-order valence-electron chi connectivity index (χ3n) is 3.55. The highest BCUT2D eigenvalue weighted by Gasteiger charge is 2.12. The van der Waals surface area contributed by atoms with Gasteiger partial charge in [0.2, 0.25) is 0 Å². The Morgan fingerprint density at radius 1 is 1.15 bits per heavy atom. The van der Waals surface area contributed by atoms with E-state index < -0.39 is 0 Å². The second-order valence-corrected chi connectivity index (χ2v) is 4.65. The summed E-state index contributed by atoms with van der Waals surface area (Å²) in [5.74, 6) is 0.929. The lowest BCUT2D eigenvalue weighted by Crippen LogP contribution is -1.96. The number of ether oxygens (including phenoxy) is 1. The van der Waals surface area contributed by atoms with Gasteiger partial charge >= 0.3 is 0 Å². The molecule has 0 N–H and O–H groups in total. The minimum Gasteiger partial charge on any atom is -0.494 e. The number of hydrogen-bond acceptors (Lipinski definition) is 2. The molecule has 3 aromatic rings. The highest BCUT2D eigenvalue weighted by Crippen LogP contribution is 2.32. The highest BCUT2D eigenvalue weighted by molar-refractivity contribution is 8.93. The Hall–Kier alpha value is -1.55. The Morgan fingerprint density at radius 2 is 1.95 bits per heavy atom. The molecule has 2 heterocycles. The fourth-order valence-corrected chi connectivity index (χ4v) is 2.78. The third-order valence-corrected chi connectivity index (χ3v) is 3.55. The molecule has 1 aromatic carbocycles. The van der Waals surface area contributed by atoms with Gasteiger partial charge in [0.1, 0.15) is 5.75 Å². The molecule has 0 bridgehead atoms. The lowest BCUT2D eigenvalue weighted by Gasteiger charge is -2.06. The Kier molecular flexibility index (Phi) is 4.33. The predicted octanol–water partition coefficient (Wildman–Crippen LogP) is 4.49. The lowest BCUT2D eigenvalue weighted by atomic mass is 10.1. The molecule has 3 rings (SSSR count). The van der Waals surface area contributed by atoms with Crippen LogP contribution in [0.15, 0.2) is 30.5 Å². The number of benzene rings is 1. The normalized spacial score (nSPS) is 10.8. The van der Waals surface area contributed by atoms with E-state index in [1.54, 1.807) is 0 Å². The summed E-state index contributed by atoms with van der Waals surface area (Å²) >= 11 is 0. The first kappa shape index (κ1) is 14.9. The molecule has 0 aliphatic heterocycles. The number of aromatic nitrogens is 2. The minimum atomic E-state index is 0. The van der Waals surface area contributed by atoms with Crippen molar-refractivity contribution in [3.63, 3.8) is 0 Å². The second-order valence-electron chi connectivity index (χ2n) is 4.65. The quantitative estimate of drug-likeness (QED) is 0.705. The van der Waals surface area contributed by atoms with E-state index in [4.69, 9.17) is 4.74 Å². The molecule has 0 saturated heterocycles. The topological polar surface area (TPSA) is 27.1 Å². The van der Waals surface area contributed by atoms with E-state index in [1.807, 2.05) is 19.2 Å². The van der Waals surface area contributed by atoms with Crippen LogP contribution in [0.4, 0.5) is 0 Å². The summed E-state index contributed by atoms with van der Waals surface area (Å²) in [6.45, 7) is 7.86. The van der Waals surface area contributed by atoms with E-state index in [1.165, 1.54) is 21.8 Å². The Balaban J connectivity index is 0.00000147. The number of aryl methyl sites for hydroxylation is 2. The molecule has 2 aromatic heterocycles. The summed E-state index contributed by atoms with van der Waals surface area (Å²) < 4.78 is 7.93. The number of fused-ring (bicyclic) bond motifs is 3. The maximum absolute atomic E-state index is 5.61. The molecular formula is C16H19BrN2O. The number of halogens is 1. The maximum atomic E-state index is 5.61. The molecule has 0 fully saturated rings. The molecule has 0 aliphatic rings. The van der Waals surface area contributed by atoms with Gasteiger partial charge in [-0.2, -0.15) is 0 Å². The summed E-state index contributed by atoms with van der Waals surface area (Å²) in [6.07, 6.45) is 1.88. The molecule has 3 nitrogen and oxygen atoms in total. The zero-order valence-corrected chi connectivity index (χ0v) is 13.7. The highest BCUT2D eigenvalue weighted by atomic mass is 79.9. The van der Waals surface area contributed by atoms with Crippen LogP contribution in [0.5, 0.6) is 5.75 Å². The van der Waals surface area contributed by atoms with Crippen molar-refractivity contribution in [2.45, 2.75) is 27.3 Å². The zero-order chi connectivity index (χ0) is 13.4. The van der Waals surface area contributed by atoms with Crippen LogP contribution < -0.4 is 4.74 Å². The summed E-state index contributed by atoms with van der Waals surface area (Å²) in [4.78, 5) is 4.42. The second kappa shape index (κ2) is 5.83. The molecule has 0 amide bonds. The van der Waals surface area contributed by atoms with Gasteiger partial charge in [-0.15, -0.1) is 17.0 Å². The number of pyridine rings is 1. The minimum absolute atomic E-state index is 0. The van der Waals surface area contributed by atoms with Crippen molar-refractivity contribution in [1.29, 1.82) is 0 Å². The number of nitrogens with zero attached hydrogens (tertiary/aromatic N) is 2. The third kappa shape index (κ3) is 2.18. The number of hydrogen-bond donors (Lipinski definition) is 0. The maximum Gasteiger partial charge on any atom is 0.121 e. The van der Waals surface area contributed by atoms with Crippen molar-refractivity contribution in [3.05, 3.63) is 36.2 Å². The van der Waals surface area contributed by atoms with Gasteiger partial charge in [-0.05, 0) is 39.0 Å². The predicted molar refractivity (Wildman–Crippen MR) is 89.1 cm³/mol. The summed E-state index contributed by atoms with van der Waals surface area (Å²) in [5.41, 5.74) is 3.53. The average molecular weight is 335 g/mol. The zero-order valence-electron chi connectivity index (χ0n) is 12.0. The van der Waals surface area contributed by atoms with E-state index in [-0.39, 0.29) is 17.0 Å². The van der Waals surface area contributed by atoms with Crippen LogP contribution in [0.2, 0.25) is 0 Å². The number of rotatable bonds is 3. The molecular weight excluding hydrogens is 316 g/mol. The van der Waals surface area contributed by atoms with Crippen LogP contribution in [0.3, 0.4) is 0 Å². The average Bonchev–Trinajstić information content (AvgIpc) is 2.74. The van der Waals surface area contributed by atoms with Crippen molar-refractivity contribution < 1.29 is 4.74 Å². The molecule has 0 aliphatic carbocycles. The molecule has 0 spiro atoms. The molecule has 0 unspecified atom stereocenters. The van der Waals surface area contributed by atoms with Gasteiger partial charge in [0, 0.05) is 29.6 Å².